The van der Waals surface area contributed by atoms with Crippen molar-refractivity contribution in [3.63, 3.8) is 0 Å². The predicted molar refractivity (Wildman–Crippen MR) is 206 cm³/mol. The molecule has 0 aromatic heterocycles. The molecule has 0 radical (unpaired) electrons. The molecule has 2 heterocycles. The number of nitrogens with one attached hydrogen (secondary N) is 6. The first kappa shape index (κ1) is 38.5. The molecule has 0 aliphatic carbocycles. The Balaban J connectivity index is 1.32. The van der Waals surface area contributed by atoms with Crippen molar-refractivity contribution in [3.8, 4) is 0 Å². The summed E-state index contributed by atoms with van der Waals surface area (Å²) in [4.78, 5) is 5.18. The Hall–Kier alpha value is -2.73. The zero-order chi connectivity index (χ0) is 34.5. The molecule has 2 fully saturated rings. The summed E-state index contributed by atoms with van der Waals surface area (Å²) in [7, 11) is 0. The number of rotatable bonds is 7. The van der Waals surface area contributed by atoms with Gasteiger partial charge in [-0.25, -0.2) is 4.39 Å². The molecule has 3 aromatic rings. The van der Waals surface area contributed by atoms with Crippen molar-refractivity contribution < 1.29 is 4.39 Å². The summed E-state index contributed by atoms with van der Waals surface area (Å²) in [5, 5.41) is 21.5. The average Bonchev–Trinajstić information content (AvgIpc) is 3.13. The smallest absolute Gasteiger partial charge is 0.123 e. The zero-order valence-electron chi connectivity index (χ0n) is 30.3. The Bertz CT molecular complexity index is 1230. The summed E-state index contributed by atoms with van der Waals surface area (Å²) in [6.07, 6.45) is 4.56. The van der Waals surface area contributed by atoms with Crippen LogP contribution in [0.5, 0.6) is 0 Å². The van der Waals surface area contributed by atoms with E-state index in [1.165, 1.54) is 22.3 Å². The van der Waals surface area contributed by atoms with E-state index >= 15 is 0 Å². The van der Waals surface area contributed by atoms with Crippen LogP contribution in [0.3, 0.4) is 0 Å². The molecule has 8 nitrogen and oxygen atoms in total. The molecule has 0 saturated carbocycles. The average molecular weight is 687 g/mol. The first-order valence-corrected chi connectivity index (χ1v) is 19.4. The maximum Gasteiger partial charge on any atom is 0.123 e. The van der Waals surface area contributed by atoms with Crippen LogP contribution < -0.4 is 31.9 Å². The van der Waals surface area contributed by atoms with E-state index < -0.39 is 0 Å². The summed E-state index contributed by atoms with van der Waals surface area (Å²) in [6, 6.07) is 25.4. The molecule has 0 amide bonds. The van der Waals surface area contributed by atoms with Crippen LogP contribution >= 0.6 is 0 Å². The first-order chi connectivity index (χ1) is 24.7. The second-order valence-electron chi connectivity index (χ2n) is 13.9. The van der Waals surface area contributed by atoms with Gasteiger partial charge in [-0.1, -0.05) is 60.7 Å². The van der Waals surface area contributed by atoms with E-state index in [0.717, 1.165) is 149 Å². The lowest BCUT2D eigenvalue weighted by Gasteiger charge is -2.26. The van der Waals surface area contributed by atoms with Crippen LogP contribution in [0.4, 0.5) is 4.39 Å². The fraction of sp³-hybridized carbons (Fsp3) is 0.561. The summed E-state index contributed by atoms with van der Waals surface area (Å²) < 4.78 is 14.2. The maximum absolute atomic E-state index is 14.2. The number of nitrogens with zero attached hydrogens (tertiary/aromatic N) is 2. The van der Waals surface area contributed by atoms with Gasteiger partial charge in [0.1, 0.15) is 5.82 Å². The molecule has 2 aliphatic heterocycles. The monoisotopic (exact) mass is 687 g/mol. The quantitative estimate of drug-likeness (QED) is 0.210. The summed E-state index contributed by atoms with van der Waals surface area (Å²) in [5.41, 5.74) is 6.28. The Labute approximate surface area is 301 Å². The van der Waals surface area contributed by atoms with Crippen LogP contribution in [-0.4, -0.2) is 115 Å². The third-order valence-electron chi connectivity index (χ3n) is 9.82. The van der Waals surface area contributed by atoms with Gasteiger partial charge >= 0.3 is 0 Å². The third kappa shape index (κ3) is 14.1. The van der Waals surface area contributed by atoms with E-state index in [1.807, 2.05) is 12.1 Å². The van der Waals surface area contributed by atoms with Gasteiger partial charge in [-0.15, -0.1) is 0 Å². The fourth-order valence-electron chi connectivity index (χ4n) is 7.14. The minimum Gasteiger partial charge on any atom is -0.315 e. The molecule has 274 valence electrons. The number of halogens is 1. The zero-order valence-corrected chi connectivity index (χ0v) is 30.3. The molecular formula is C41H63FN8. The third-order valence-corrected chi connectivity index (χ3v) is 9.82. The normalized spacial score (nSPS) is 19.8. The van der Waals surface area contributed by atoms with Crippen molar-refractivity contribution in [2.45, 2.75) is 44.7 Å². The van der Waals surface area contributed by atoms with Gasteiger partial charge in [0.2, 0.25) is 0 Å². The van der Waals surface area contributed by atoms with Gasteiger partial charge in [0, 0.05) is 71.4 Å². The van der Waals surface area contributed by atoms with Gasteiger partial charge in [-0.05, 0) is 118 Å². The topological polar surface area (TPSA) is 78.7 Å². The van der Waals surface area contributed by atoms with Crippen molar-refractivity contribution in [1.29, 1.82) is 0 Å². The molecule has 2 aliphatic rings. The molecule has 5 rings (SSSR count). The van der Waals surface area contributed by atoms with Crippen molar-refractivity contribution in [2.24, 2.45) is 0 Å². The largest absolute Gasteiger partial charge is 0.315 e. The molecule has 50 heavy (non-hydrogen) atoms. The van der Waals surface area contributed by atoms with Crippen molar-refractivity contribution in [3.05, 3.63) is 106 Å². The SMILES string of the molecule is Fc1ccc(C(c2cccc(CN3CCCNCCNCCCNCC3)c2)c2cccc(CN3CCCNCCNCCCNCC3)c2)cc1. The van der Waals surface area contributed by atoms with Gasteiger partial charge in [-0.3, -0.25) is 9.80 Å². The number of benzene rings is 3. The highest BCUT2D eigenvalue weighted by atomic mass is 19.1. The summed E-state index contributed by atoms with van der Waals surface area (Å²) >= 11 is 0. The molecule has 3 aromatic carbocycles. The number of hydrogen-bond donors (Lipinski definition) is 6. The molecule has 0 unspecified atom stereocenters. The minimum atomic E-state index is -0.197. The molecule has 9 heteroatoms. The maximum atomic E-state index is 14.2. The summed E-state index contributed by atoms with van der Waals surface area (Å²) in [5.74, 6) is -0.176. The Morgan fingerprint density at radius 3 is 1.32 bits per heavy atom. The van der Waals surface area contributed by atoms with E-state index in [1.54, 1.807) is 12.1 Å². The van der Waals surface area contributed by atoms with Crippen LogP contribution in [0, 0.1) is 5.82 Å². The van der Waals surface area contributed by atoms with Crippen LogP contribution in [0.15, 0.2) is 72.8 Å². The Morgan fingerprint density at radius 1 is 0.440 bits per heavy atom. The highest BCUT2D eigenvalue weighted by Crippen LogP contribution is 2.33. The molecule has 0 atom stereocenters. The van der Waals surface area contributed by atoms with Gasteiger partial charge in [0.05, 0.1) is 0 Å². The minimum absolute atomic E-state index is 0.0208. The van der Waals surface area contributed by atoms with E-state index in [-0.39, 0.29) is 11.7 Å². The Morgan fingerprint density at radius 2 is 0.860 bits per heavy atom. The van der Waals surface area contributed by atoms with Gasteiger partial charge in [-0.2, -0.15) is 0 Å². The standard InChI is InChI=1S/C41H63FN8/c42-40-13-11-37(12-14-40)41(38-9-1-7-35(31-38)33-49-27-5-19-45-23-21-43-15-3-17-47-25-29-49)39-10-2-8-36(32-39)34-50-28-6-20-46-24-22-44-16-4-18-48-26-30-50/h1-2,7-14,31-32,41,43-48H,3-6,15-30,33-34H2. The molecule has 0 bridgehead atoms. The van der Waals surface area contributed by atoms with Gasteiger partial charge in [0.25, 0.3) is 0 Å². The Kier molecular flexibility index (Phi) is 17.7. The lowest BCUT2D eigenvalue weighted by atomic mass is 9.84. The lowest BCUT2D eigenvalue weighted by Crippen LogP contribution is -2.36. The second kappa shape index (κ2) is 23.0. The lowest BCUT2D eigenvalue weighted by molar-refractivity contribution is 0.260. The van der Waals surface area contributed by atoms with E-state index in [0.29, 0.717) is 0 Å². The first-order valence-electron chi connectivity index (χ1n) is 19.4. The van der Waals surface area contributed by atoms with E-state index in [2.05, 4.69) is 90.2 Å². The van der Waals surface area contributed by atoms with Gasteiger partial charge in [0.15, 0.2) is 0 Å². The number of hydrogen-bond acceptors (Lipinski definition) is 8. The van der Waals surface area contributed by atoms with Crippen LogP contribution in [-0.2, 0) is 13.1 Å². The van der Waals surface area contributed by atoms with Crippen molar-refractivity contribution in [1.82, 2.24) is 41.7 Å². The highest BCUT2D eigenvalue weighted by Gasteiger charge is 2.19. The highest BCUT2D eigenvalue weighted by molar-refractivity contribution is 5.45. The van der Waals surface area contributed by atoms with Crippen molar-refractivity contribution in [2.75, 3.05) is 105 Å². The fourth-order valence-corrected chi connectivity index (χ4v) is 7.14. The van der Waals surface area contributed by atoms with Crippen LogP contribution in [0.2, 0.25) is 0 Å². The summed E-state index contributed by atoms with van der Waals surface area (Å²) in [6.45, 7) is 18.4. The van der Waals surface area contributed by atoms with Crippen molar-refractivity contribution >= 4 is 0 Å². The molecule has 0 spiro atoms. The molecule has 6 N–H and O–H groups in total. The predicted octanol–water partition coefficient (Wildman–Crippen LogP) is 3.74. The van der Waals surface area contributed by atoms with E-state index in [4.69, 9.17) is 0 Å². The molecule has 2 saturated heterocycles. The molecular weight excluding hydrogens is 624 g/mol. The van der Waals surface area contributed by atoms with Gasteiger partial charge < -0.3 is 31.9 Å². The van der Waals surface area contributed by atoms with E-state index in [9.17, 15) is 4.39 Å². The van der Waals surface area contributed by atoms with Crippen LogP contribution in [0.25, 0.3) is 0 Å². The second-order valence-corrected chi connectivity index (χ2v) is 13.9. The van der Waals surface area contributed by atoms with Crippen LogP contribution in [0.1, 0.15) is 59.4 Å².